The second kappa shape index (κ2) is 6.24. The number of hydrogen-bond donors (Lipinski definition) is 0. The Hall–Kier alpha value is -2.40. The van der Waals surface area contributed by atoms with Crippen LogP contribution in [0, 0.1) is 6.92 Å². The number of aromatic nitrogens is 1. The van der Waals surface area contributed by atoms with Crippen molar-refractivity contribution < 1.29 is 8.42 Å². The van der Waals surface area contributed by atoms with E-state index in [2.05, 4.69) is 4.98 Å². The van der Waals surface area contributed by atoms with Crippen LogP contribution in [-0.4, -0.2) is 27.5 Å². The average Bonchev–Trinajstić information content (AvgIpc) is 2.55. The number of pyridine rings is 1. The lowest BCUT2D eigenvalue weighted by atomic mass is 10.1. The molecular weight excluding hydrogens is 320 g/mol. The van der Waals surface area contributed by atoms with Gasteiger partial charge >= 0.3 is 0 Å². The van der Waals surface area contributed by atoms with Crippen LogP contribution in [0.1, 0.15) is 11.3 Å². The Morgan fingerprint density at radius 3 is 2.33 bits per heavy atom. The second-order valence-corrected chi connectivity index (χ2v) is 8.08. The summed E-state index contributed by atoms with van der Waals surface area (Å²) in [5.74, 6) is -0.0535. The third-order valence-electron chi connectivity index (χ3n) is 4.00. The topological polar surface area (TPSA) is 50.3 Å². The molecule has 4 nitrogen and oxygen atoms in total. The molecule has 24 heavy (non-hydrogen) atoms. The van der Waals surface area contributed by atoms with Gasteiger partial charge in [-0.1, -0.05) is 24.3 Å². The zero-order valence-electron chi connectivity index (χ0n) is 14.0. The third kappa shape index (κ3) is 3.26. The van der Waals surface area contributed by atoms with Gasteiger partial charge in [-0.05, 0) is 42.8 Å². The zero-order valence-corrected chi connectivity index (χ0v) is 14.8. The predicted octanol–water partition coefficient (Wildman–Crippen LogP) is 3.58. The van der Waals surface area contributed by atoms with Crippen LogP contribution in [0.15, 0.2) is 59.5 Å². The van der Waals surface area contributed by atoms with Crippen LogP contribution in [0.3, 0.4) is 0 Å². The van der Waals surface area contributed by atoms with E-state index < -0.39 is 9.84 Å². The van der Waals surface area contributed by atoms with Gasteiger partial charge < -0.3 is 4.90 Å². The predicted molar refractivity (Wildman–Crippen MR) is 98.1 cm³/mol. The number of anilines is 1. The molecule has 0 bridgehead atoms. The summed E-state index contributed by atoms with van der Waals surface area (Å²) >= 11 is 0. The molecule has 0 aliphatic rings. The molecule has 0 aliphatic heterocycles. The van der Waals surface area contributed by atoms with E-state index in [-0.39, 0.29) is 5.75 Å². The van der Waals surface area contributed by atoms with Crippen LogP contribution in [0.4, 0.5) is 5.69 Å². The molecule has 1 aromatic heterocycles. The van der Waals surface area contributed by atoms with E-state index in [9.17, 15) is 8.42 Å². The van der Waals surface area contributed by atoms with Crippen molar-refractivity contribution in [1.29, 1.82) is 0 Å². The fourth-order valence-electron chi connectivity index (χ4n) is 2.66. The van der Waals surface area contributed by atoms with E-state index in [0.717, 1.165) is 27.8 Å². The normalized spacial score (nSPS) is 11.6. The van der Waals surface area contributed by atoms with Crippen molar-refractivity contribution >= 4 is 26.4 Å². The van der Waals surface area contributed by atoms with E-state index >= 15 is 0 Å². The maximum absolute atomic E-state index is 12.8. The number of aryl methyl sites for hydroxylation is 1. The standard InChI is InChI=1S/C19H20N2O2S/c1-14-7-8-15-5-4-6-16(19(15)20-14)13-24(22,23)18-11-9-17(10-12-18)21(2)3/h4-12H,13H2,1-3H3. The first kappa shape index (κ1) is 16.5. The Bertz CT molecular complexity index is 978. The summed E-state index contributed by atoms with van der Waals surface area (Å²) in [5.41, 5.74) is 3.33. The van der Waals surface area contributed by atoms with Crippen LogP contribution in [0.25, 0.3) is 10.9 Å². The number of sulfone groups is 1. The molecule has 0 atom stereocenters. The van der Waals surface area contributed by atoms with Crippen molar-refractivity contribution in [3.63, 3.8) is 0 Å². The second-order valence-electron chi connectivity index (χ2n) is 6.09. The van der Waals surface area contributed by atoms with Crippen molar-refractivity contribution in [3.05, 3.63) is 65.9 Å². The molecule has 0 radical (unpaired) electrons. The van der Waals surface area contributed by atoms with Gasteiger partial charge in [-0.15, -0.1) is 0 Å². The number of para-hydroxylation sites is 1. The maximum atomic E-state index is 12.8. The smallest absolute Gasteiger partial charge is 0.182 e. The molecule has 0 saturated heterocycles. The SMILES string of the molecule is Cc1ccc2cccc(CS(=O)(=O)c3ccc(N(C)C)cc3)c2n1. The number of fused-ring (bicyclic) bond motifs is 1. The van der Waals surface area contributed by atoms with Crippen molar-refractivity contribution in [3.8, 4) is 0 Å². The fourth-order valence-corrected chi connectivity index (χ4v) is 4.02. The summed E-state index contributed by atoms with van der Waals surface area (Å²) in [7, 11) is 0.430. The lowest BCUT2D eigenvalue weighted by Gasteiger charge is -2.13. The Balaban J connectivity index is 1.99. The molecule has 0 unspecified atom stereocenters. The zero-order chi connectivity index (χ0) is 17.3. The molecule has 0 spiro atoms. The van der Waals surface area contributed by atoms with Gasteiger partial charge in [0.15, 0.2) is 9.84 Å². The van der Waals surface area contributed by atoms with E-state index in [1.165, 1.54) is 0 Å². The number of nitrogens with zero attached hydrogens (tertiary/aromatic N) is 2. The molecule has 3 rings (SSSR count). The molecule has 0 amide bonds. The molecular formula is C19H20N2O2S. The lowest BCUT2D eigenvalue weighted by Crippen LogP contribution is -2.10. The molecule has 0 fully saturated rings. The summed E-state index contributed by atoms with van der Waals surface area (Å²) < 4.78 is 25.5. The summed E-state index contributed by atoms with van der Waals surface area (Å²) in [5, 5.41) is 0.955. The molecule has 124 valence electrons. The van der Waals surface area contributed by atoms with E-state index in [1.807, 2.05) is 68.4 Å². The minimum absolute atomic E-state index is 0.0535. The summed E-state index contributed by atoms with van der Waals surface area (Å²) in [4.78, 5) is 6.79. The van der Waals surface area contributed by atoms with Gasteiger partial charge in [-0.3, -0.25) is 4.98 Å². The van der Waals surface area contributed by atoms with Gasteiger partial charge in [0, 0.05) is 30.9 Å². The highest BCUT2D eigenvalue weighted by Gasteiger charge is 2.17. The summed E-state index contributed by atoms with van der Waals surface area (Å²) in [6.07, 6.45) is 0. The van der Waals surface area contributed by atoms with Crippen molar-refractivity contribution in [1.82, 2.24) is 4.98 Å². The fraction of sp³-hybridized carbons (Fsp3) is 0.211. The Labute approximate surface area is 142 Å². The van der Waals surface area contributed by atoms with Gasteiger partial charge in [-0.25, -0.2) is 8.42 Å². The van der Waals surface area contributed by atoms with Crippen LogP contribution in [0.2, 0.25) is 0 Å². The Morgan fingerprint density at radius 1 is 0.958 bits per heavy atom. The number of hydrogen-bond acceptors (Lipinski definition) is 4. The molecule has 0 aliphatic carbocycles. The third-order valence-corrected chi connectivity index (χ3v) is 5.68. The number of benzene rings is 2. The van der Waals surface area contributed by atoms with Crippen LogP contribution in [0.5, 0.6) is 0 Å². The van der Waals surface area contributed by atoms with Crippen LogP contribution >= 0.6 is 0 Å². The van der Waals surface area contributed by atoms with Gasteiger partial charge in [0.1, 0.15) is 0 Å². The van der Waals surface area contributed by atoms with Gasteiger partial charge in [-0.2, -0.15) is 0 Å². The quantitative estimate of drug-likeness (QED) is 0.728. The minimum atomic E-state index is -3.42. The van der Waals surface area contributed by atoms with Crippen molar-refractivity contribution in [2.75, 3.05) is 19.0 Å². The summed E-state index contributed by atoms with van der Waals surface area (Å²) in [6.45, 7) is 1.91. The van der Waals surface area contributed by atoms with E-state index in [0.29, 0.717) is 4.90 Å². The number of rotatable bonds is 4. The van der Waals surface area contributed by atoms with E-state index in [1.54, 1.807) is 12.1 Å². The van der Waals surface area contributed by atoms with Crippen molar-refractivity contribution in [2.24, 2.45) is 0 Å². The lowest BCUT2D eigenvalue weighted by molar-refractivity contribution is 0.595. The van der Waals surface area contributed by atoms with E-state index in [4.69, 9.17) is 0 Å². The first-order chi connectivity index (χ1) is 11.4. The largest absolute Gasteiger partial charge is 0.378 e. The minimum Gasteiger partial charge on any atom is -0.378 e. The van der Waals surface area contributed by atoms with Crippen LogP contribution in [-0.2, 0) is 15.6 Å². The molecule has 2 aromatic carbocycles. The van der Waals surface area contributed by atoms with Crippen LogP contribution < -0.4 is 4.90 Å². The Kier molecular flexibility index (Phi) is 4.28. The van der Waals surface area contributed by atoms with Gasteiger partial charge in [0.2, 0.25) is 0 Å². The summed E-state index contributed by atoms with van der Waals surface area (Å²) in [6, 6.07) is 16.5. The van der Waals surface area contributed by atoms with Gasteiger partial charge in [0.25, 0.3) is 0 Å². The molecule has 5 heteroatoms. The highest BCUT2D eigenvalue weighted by Crippen LogP contribution is 2.24. The van der Waals surface area contributed by atoms with Gasteiger partial charge in [0.05, 0.1) is 16.2 Å². The first-order valence-electron chi connectivity index (χ1n) is 7.72. The maximum Gasteiger partial charge on any atom is 0.182 e. The first-order valence-corrected chi connectivity index (χ1v) is 9.37. The van der Waals surface area contributed by atoms with Crippen molar-refractivity contribution in [2.45, 2.75) is 17.6 Å². The molecule has 3 aromatic rings. The molecule has 0 saturated carbocycles. The molecule has 1 heterocycles. The average molecular weight is 340 g/mol. The highest BCUT2D eigenvalue weighted by molar-refractivity contribution is 7.90. The monoisotopic (exact) mass is 340 g/mol. The highest BCUT2D eigenvalue weighted by atomic mass is 32.2. The molecule has 0 N–H and O–H groups in total. The Morgan fingerprint density at radius 2 is 1.67 bits per heavy atom.